The first kappa shape index (κ1) is 26.3. The molecule has 0 aliphatic carbocycles. The molecule has 12 nitrogen and oxygen atoms in total. The molecule has 0 aliphatic rings. The second-order valence-electron chi connectivity index (χ2n) is 6.72. The Balaban J connectivity index is 5.09. The standard InChI is InChI=1S/C17H30N4O8/c1-4-8(2)13(18)16(27)19-9(3)14(25)20-10(5-6-12(23)24)15(26)21-11(7-22)17(28)29/h8-11,13,22H,4-7,18H2,1-3H3,(H,19,27)(H,20,25)(H,21,26)(H,23,24)(H,28,29). The van der Waals surface area contributed by atoms with Crippen molar-refractivity contribution in [1.29, 1.82) is 0 Å². The number of nitrogens with two attached hydrogens (primary N) is 1. The molecule has 0 heterocycles. The van der Waals surface area contributed by atoms with E-state index in [4.69, 9.17) is 21.1 Å². The fourth-order valence-electron chi connectivity index (χ4n) is 2.18. The van der Waals surface area contributed by atoms with Crippen LogP contribution in [-0.4, -0.2) is 75.8 Å². The lowest BCUT2D eigenvalue weighted by Gasteiger charge is -2.24. The number of carboxylic acids is 2. The number of nitrogens with one attached hydrogen (secondary N) is 3. The van der Waals surface area contributed by atoms with E-state index < -0.39 is 66.9 Å². The number of carbonyl (C=O) groups is 5. The van der Waals surface area contributed by atoms with Crippen molar-refractivity contribution < 1.29 is 39.3 Å². The maximum atomic E-state index is 12.3. The van der Waals surface area contributed by atoms with Gasteiger partial charge in [-0.3, -0.25) is 19.2 Å². The van der Waals surface area contributed by atoms with Gasteiger partial charge in [-0.25, -0.2) is 4.79 Å². The van der Waals surface area contributed by atoms with Gasteiger partial charge in [-0.15, -0.1) is 0 Å². The van der Waals surface area contributed by atoms with E-state index in [-0.39, 0.29) is 12.3 Å². The number of rotatable bonds is 13. The minimum atomic E-state index is -1.61. The van der Waals surface area contributed by atoms with E-state index in [0.717, 1.165) is 0 Å². The predicted molar refractivity (Wildman–Crippen MR) is 100 cm³/mol. The van der Waals surface area contributed by atoms with Crippen molar-refractivity contribution in [3.8, 4) is 0 Å². The molecule has 0 saturated heterocycles. The Morgan fingerprint density at radius 1 is 0.897 bits per heavy atom. The molecule has 0 aromatic rings. The van der Waals surface area contributed by atoms with Gasteiger partial charge in [0.05, 0.1) is 12.6 Å². The Bertz CT molecular complexity index is 612. The van der Waals surface area contributed by atoms with Crippen LogP contribution in [0.25, 0.3) is 0 Å². The van der Waals surface area contributed by atoms with Crippen molar-refractivity contribution in [3.63, 3.8) is 0 Å². The quantitative estimate of drug-likeness (QED) is 0.172. The first-order valence-corrected chi connectivity index (χ1v) is 9.16. The molecule has 0 fully saturated rings. The zero-order valence-electron chi connectivity index (χ0n) is 16.7. The minimum Gasteiger partial charge on any atom is -0.481 e. The molecule has 0 aliphatic heterocycles. The van der Waals surface area contributed by atoms with Gasteiger partial charge < -0.3 is 37.0 Å². The van der Waals surface area contributed by atoms with E-state index in [0.29, 0.717) is 6.42 Å². The molecule has 0 spiro atoms. The Morgan fingerprint density at radius 2 is 1.45 bits per heavy atom. The molecule has 0 bridgehead atoms. The third-order valence-corrected chi connectivity index (χ3v) is 4.39. The summed E-state index contributed by atoms with van der Waals surface area (Å²) in [6, 6.07) is -4.90. The van der Waals surface area contributed by atoms with Crippen LogP contribution in [0, 0.1) is 5.92 Å². The average Bonchev–Trinajstić information content (AvgIpc) is 2.66. The minimum absolute atomic E-state index is 0.120. The van der Waals surface area contributed by atoms with Gasteiger partial charge in [0, 0.05) is 6.42 Å². The van der Waals surface area contributed by atoms with Crippen LogP contribution >= 0.6 is 0 Å². The summed E-state index contributed by atoms with van der Waals surface area (Å²) >= 11 is 0. The van der Waals surface area contributed by atoms with Gasteiger partial charge in [0.25, 0.3) is 0 Å². The predicted octanol–water partition coefficient (Wildman–Crippen LogP) is -2.22. The highest BCUT2D eigenvalue weighted by Crippen LogP contribution is 2.06. The molecule has 0 saturated carbocycles. The second kappa shape index (κ2) is 12.7. The first-order valence-electron chi connectivity index (χ1n) is 9.16. The van der Waals surface area contributed by atoms with Crippen LogP contribution in [-0.2, 0) is 24.0 Å². The number of hydrogen-bond donors (Lipinski definition) is 7. The highest BCUT2D eigenvalue weighted by atomic mass is 16.4. The molecule has 0 radical (unpaired) electrons. The van der Waals surface area contributed by atoms with E-state index in [2.05, 4.69) is 10.6 Å². The molecule has 5 unspecified atom stereocenters. The number of aliphatic carboxylic acids is 2. The van der Waals surface area contributed by atoms with E-state index >= 15 is 0 Å². The maximum Gasteiger partial charge on any atom is 0.328 e. The lowest BCUT2D eigenvalue weighted by Crippen LogP contribution is -2.57. The van der Waals surface area contributed by atoms with Crippen LogP contribution in [0.3, 0.4) is 0 Å². The van der Waals surface area contributed by atoms with E-state index in [1.54, 1.807) is 6.92 Å². The van der Waals surface area contributed by atoms with Crippen molar-refractivity contribution in [1.82, 2.24) is 16.0 Å². The molecule has 0 aromatic carbocycles. The summed E-state index contributed by atoms with van der Waals surface area (Å²) in [6.07, 6.45) is -0.144. The average molecular weight is 418 g/mol. The SMILES string of the molecule is CCC(C)C(N)C(=O)NC(C)C(=O)NC(CCC(=O)O)C(=O)NC(CO)C(=O)O. The van der Waals surface area contributed by atoms with Gasteiger partial charge in [-0.1, -0.05) is 20.3 Å². The summed E-state index contributed by atoms with van der Waals surface area (Å²) in [5, 5.41) is 33.4. The van der Waals surface area contributed by atoms with E-state index in [9.17, 15) is 24.0 Å². The van der Waals surface area contributed by atoms with E-state index in [1.165, 1.54) is 6.92 Å². The molecular weight excluding hydrogens is 388 g/mol. The molecule has 5 atom stereocenters. The number of amides is 3. The fourth-order valence-corrected chi connectivity index (χ4v) is 2.18. The topological polar surface area (TPSA) is 208 Å². The first-order chi connectivity index (χ1) is 13.4. The van der Waals surface area contributed by atoms with Gasteiger partial charge in [0.1, 0.15) is 18.1 Å². The van der Waals surface area contributed by atoms with Crippen molar-refractivity contribution in [2.24, 2.45) is 11.7 Å². The van der Waals surface area contributed by atoms with Gasteiger partial charge in [-0.05, 0) is 19.3 Å². The summed E-state index contributed by atoms with van der Waals surface area (Å²) < 4.78 is 0. The lowest BCUT2D eigenvalue weighted by atomic mass is 9.99. The number of carbonyl (C=O) groups excluding carboxylic acids is 3. The van der Waals surface area contributed by atoms with Crippen molar-refractivity contribution in [2.75, 3.05) is 6.61 Å². The van der Waals surface area contributed by atoms with Crippen LogP contribution < -0.4 is 21.7 Å². The number of aliphatic hydroxyl groups excluding tert-OH is 1. The molecule has 12 heteroatoms. The van der Waals surface area contributed by atoms with Crippen LogP contribution in [0.1, 0.15) is 40.0 Å². The summed E-state index contributed by atoms with van der Waals surface area (Å²) in [4.78, 5) is 58.4. The monoisotopic (exact) mass is 418 g/mol. The fraction of sp³-hybridized carbons (Fsp3) is 0.706. The third kappa shape index (κ3) is 9.34. The van der Waals surface area contributed by atoms with Crippen molar-refractivity contribution >= 4 is 29.7 Å². The van der Waals surface area contributed by atoms with Gasteiger partial charge in [0.2, 0.25) is 17.7 Å². The molecule has 0 aromatic heterocycles. The summed E-state index contributed by atoms with van der Waals surface area (Å²) in [7, 11) is 0. The zero-order valence-corrected chi connectivity index (χ0v) is 16.7. The molecule has 0 rings (SSSR count). The maximum absolute atomic E-state index is 12.3. The van der Waals surface area contributed by atoms with Gasteiger partial charge >= 0.3 is 11.9 Å². The Morgan fingerprint density at radius 3 is 1.90 bits per heavy atom. The van der Waals surface area contributed by atoms with Crippen molar-refractivity contribution in [2.45, 2.75) is 64.2 Å². The molecule has 29 heavy (non-hydrogen) atoms. The largest absolute Gasteiger partial charge is 0.481 e. The van der Waals surface area contributed by atoms with Gasteiger partial charge in [0.15, 0.2) is 0 Å². The van der Waals surface area contributed by atoms with Crippen LogP contribution in [0.15, 0.2) is 0 Å². The smallest absolute Gasteiger partial charge is 0.328 e. The summed E-state index contributed by atoms with van der Waals surface area (Å²) in [5.41, 5.74) is 5.80. The molecule has 166 valence electrons. The lowest BCUT2D eigenvalue weighted by molar-refractivity contribution is -0.144. The van der Waals surface area contributed by atoms with Crippen LogP contribution in [0.4, 0.5) is 0 Å². The molecule has 3 amide bonds. The Labute approximate surface area is 168 Å². The number of aliphatic hydroxyl groups is 1. The molecule has 8 N–H and O–H groups in total. The summed E-state index contributed by atoms with van der Waals surface area (Å²) in [6.45, 7) is 4.11. The van der Waals surface area contributed by atoms with Gasteiger partial charge in [-0.2, -0.15) is 0 Å². The zero-order chi connectivity index (χ0) is 22.7. The van der Waals surface area contributed by atoms with Crippen LogP contribution in [0.5, 0.6) is 0 Å². The normalized spacial score (nSPS) is 15.9. The Kier molecular flexibility index (Phi) is 11.5. The van der Waals surface area contributed by atoms with E-state index in [1.807, 2.05) is 12.2 Å². The number of hydrogen-bond acceptors (Lipinski definition) is 7. The highest BCUT2D eigenvalue weighted by molar-refractivity contribution is 5.94. The number of carboxylic acid groups (broad SMARTS) is 2. The van der Waals surface area contributed by atoms with Crippen molar-refractivity contribution in [3.05, 3.63) is 0 Å². The Hall–Kier alpha value is -2.73. The second-order valence-corrected chi connectivity index (χ2v) is 6.72. The van der Waals surface area contributed by atoms with Crippen LogP contribution in [0.2, 0.25) is 0 Å². The highest BCUT2D eigenvalue weighted by Gasteiger charge is 2.29. The summed E-state index contributed by atoms with van der Waals surface area (Å²) in [5.74, 6) is -5.16. The third-order valence-electron chi connectivity index (χ3n) is 4.39. The molecular formula is C17H30N4O8.